The van der Waals surface area contributed by atoms with Gasteiger partial charge in [0, 0.05) is 25.4 Å². The number of carbonyl (C=O) groups is 2. The van der Waals surface area contributed by atoms with Crippen LogP contribution in [0.3, 0.4) is 0 Å². The van der Waals surface area contributed by atoms with Gasteiger partial charge >= 0.3 is 11.9 Å². The Morgan fingerprint density at radius 3 is 2.06 bits per heavy atom. The number of hydrogen-bond donors (Lipinski definition) is 1. The highest BCUT2D eigenvalue weighted by atomic mass is 16.5. The summed E-state index contributed by atoms with van der Waals surface area (Å²) in [5, 5.41) is 10.5. The van der Waals surface area contributed by atoms with Crippen LogP contribution in [-0.2, 0) is 23.8 Å². The summed E-state index contributed by atoms with van der Waals surface area (Å²) < 4.78 is 16.6. The summed E-state index contributed by atoms with van der Waals surface area (Å²) in [6, 6.07) is 0. The number of aliphatic hydroxyl groups excluding tert-OH is 1. The third kappa shape index (κ3) is 8.66. The molecule has 1 saturated heterocycles. The normalized spacial score (nSPS) is 34.0. The molecule has 0 aromatic carbocycles. The molecule has 1 aliphatic heterocycles. The zero-order valence-electron chi connectivity index (χ0n) is 20.9. The van der Waals surface area contributed by atoms with Crippen LogP contribution in [0.25, 0.3) is 0 Å². The second kappa shape index (κ2) is 13.5. The van der Waals surface area contributed by atoms with Crippen molar-refractivity contribution in [2.75, 3.05) is 19.8 Å². The zero-order valence-corrected chi connectivity index (χ0v) is 20.9. The van der Waals surface area contributed by atoms with E-state index >= 15 is 0 Å². The highest BCUT2D eigenvalue weighted by molar-refractivity contribution is 5.70. The second-order valence-corrected chi connectivity index (χ2v) is 10.5. The lowest BCUT2D eigenvalue weighted by molar-refractivity contribution is -0.149. The van der Waals surface area contributed by atoms with Gasteiger partial charge in [-0.1, -0.05) is 34.1 Å². The van der Waals surface area contributed by atoms with Crippen LogP contribution in [-0.4, -0.2) is 49.1 Å². The van der Waals surface area contributed by atoms with E-state index in [0.29, 0.717) is 74.9 Å². The van der Waals surface area contributed by atoms with Crippen LogP contribution in [0.5, 0.6) is 0 Å². The van der Waals surface area contributed by atoms with Gasteiger partial charge in [-0.3, -0.25) is 9.59 Å². The van der Waals surface area contributed by atoms with E-state index in [2.05, 4.69) is 34.6 Å². The molecular formula is C26H46O6. The highest BCUT2D eigenvalue weighted by Crippen LogP contribution is 2.38. The van der Waals surface area contributed by atoms with E-state index in [1.807, 2.05) is 0 Å². The predicted octanol–water partition coefficient (Wildman–Crippen LogP) is 4.76. The molecule has 0 radical (unpaired) electrons. The fourth-order valence-corrected chi connectivity index (χ4v) is 5.14. The molecule has 1 saturated carbocycles. The van der Waals surface area contributed by atoms with E-state index in [4.69, 9.17) is 14.2 Å². The minimum absolute atomic E-state index is 0.189. The van der Waals surface area contributed by atoms with Crippen molar-refractivity contribution in [2.24, 2.45) is 35.5 Å². The standard InChI is InChI=1S/C26H46O6/c1-6-17(2)23-11-18(3)22(13-24(23)27)16-32-26(29)10-8-7-9-25(28)31-15-21-12-20(5)30-14-19(21)4/h17-24,27H,6-16H2,1-5H3. The largest absolute Gasteiger partial charge is 0.465 e. The summed E-state index contributed by atoms with van der Waals surface area (Å²) in [7, 11) is 0. The molecule has 6 heteroatoms. The first-order chi connectivity index (χ1) is 15.2. The third-order valence-electron chi connectivity index (χ3n) is 7.87. The molecule has 2 rings (SSSR count). The molecule has 2 aliphatic rings. The molecule has 1 heterocycles. The average Bonchev–Trinajstić information content (AvgIpc) is 2.77. The lowest BCUT2D eigenvalue weighted by atomic mass is 9.69. The molecule has 0 amide bonds. The van der Waals surface area contributed by atoms with Crippen LogP contribution in [0.15, 0.2) is 0 Å². The van der Waals surface area contributed by atoms with Crippen molar-refractivity contribution >= 4 is 11.9 Å². The molecule has 1 aliphatic carbocycles. The van der Waals surface area contributed by atoms with Gasteiger partial charge in [-0.05, 0) is 68.6 Å². The Morgan fingerprint density at radius 1 is 0.938 bits per heavy atom. The van der Waals surface area contributed by atoms with Crippen molar-refractivity contribution in [3.8, 4) is 0 Å². The Hall–Kier alpha value is -1.14. The van der Waals surface area contributed by atoms with Gasteiger partial charge in [0.1, 0.15) is 0 Å². The van der Waals surface area contributed by atoms with Gasteiger partial charge in [0.15, 0.2) is 0 Å². The van der Waals surface area contributed by atoms with E-state index in [1.54, 1.807) is 0 Å². The van der Waals surface area contributed by atoms with Crippen LogP contribution in [0.1, 0.15) is 86.0 Å². The van der Waals surface area contributed by atoms with Crippen LogP contribution < -0.4 is 0 Å². The lowest BCUT2D eigenvalue weighted by Gasteiger charge is -2.40. The van der Waals surface area contributed by atoms with E-state index < -0.39 is 0 Å². The van der Waals surface area contributed by atoms with Crippen LogP contribution in [0.4, 0.5) is 0 Å². The van der Waals surface area contributed by atoms with Gasteiger partial charge in [-0.15, -0.1) is 0 Å². The van der Waals surface area contributed by atoms with Crippen molar-refractivity contribution in [3.05, 3.63) is 0 Å². The van der Waals surface area contributed by atoms with Gasteiger partial charge < -0.3 is 19.3 Å². The number of esters is 2. The molecule has 32 heavy (non-hydrogen) atoms. The zero-order chi connectivity index (χ0) is 23.7. The Bertz CT molecular complexity index is 579. The Morgan fingerprint density at radius 2 is 1.50 bits per heavy atom. The van der Waals surface area contributed by atoms with Crippen LogP contribution in [0, 0.1) is 35.5 Å². The molecule has 1 N–H and O–H groups in total. The maximum Gasteiger partial charge on any atom is 0.305 e. The number of rotatable bonds is 11. The highest BCUT2D eigenvalue weighted by Gasteiger charge is 2.36. The van der Waals surface area contributed by atoms with Crippen LogP contribution >= 0.6 is 0 Å². The second-order valence-electron chi connectivity index (χ2n) is 10.5. The van der Waals surface area contributed by atoms with E-state index in [9.17, 15) is 14.7 Å². The molecule has 186 valence electrons. The summed E-state index contributed by atoms with van der Waals surface area (Å²) in [5.41, 5.74) is 0. The fourth-order valence-electron chi connectivity index (χ4n) is 5.14. The molecule has 8 atom stereocenters. The Kier molecular flexibility index (Phi) is 11.5. The molecule has 8 unspecified atom stereocenters. The van der Waals surface area contributed by atoms with Gasteiger partial charge in [0.25, 0.3) is 0 Å². The number of unbranched alkanes of at least 4 members (excludes halogenated alkanes) is 1. The SMILES string of the molecule is CCC(C)C1CC(C)C(COC(=O)CCCCC(=O)OCC2CC(C)OCC2C)CC1O. The minimum atomic E-state index is -0.303. The molecule has 0 aromatic rings. The molecule has 2 fully saturated rings. The Balaban J connectivity index is 1.56. The summed E-state index contributed by atoms with van der Waals surface area (Å²) in [6.07, 6.45) is 5.53. The van der Waals surface area contributed by atoms with Crippen molar-refractivity contribution in [2.45, 2.75) is 98.2 Å². The fraction of sp³-hybridized carbons (Fsp3) is 0.923. The molecular weight excluding hydrogens is 408 g/mol. The monoisotopic (exact) mass is 454 g/mol. The maximum absolute atomic E-state index is 12.1. The van der Waals surface area contributed by atoms with Crippen LogP contribution in [0.2, 0.25) is 0 Å². The topological polar surface area (TPSA) is 82.1 Å². The van der Waals surface area contributed by atoms with Gasteiger partial charge in [0.05, 0.1) is 25.4 Å². The van der Waals surface area contributed by atoms with Crippen molar-refractivity contribution < 1.29 is 28.9 Å². The quantitative estimate of drug-likeness (QED) is 0.358. The molecule has 0 aromatic heterocycles. The average molecular weight is 455 g/mol. The molecule has 0 bridgehead atoms. The van der Waals surface area contributed by atoms with E-state index in [0.717, 1.165) is 25.9 Å². The Labute approximate surface area is 194 Å². The van der Waals surface area contributed by atoms with E-state index in [-0.39, 0.29) is 30.1 Å². The lowest BCUT2D eigenvalue weighted by Crippen LogP contribution is -2.39. The number of ether oxygens (including phenoxy) is 3. The van der Waals surface area contributed by atoms with Crippen molar-refractivity contribution in [1.29, 1.82) is 0 Å². The summed E-state index contributed by atoms with van der Waals surface area (Å²) in [5.74, 6) is 1.90. The smallest absolute Gasteiger partial charge is 0.305 e. The molecule has 0 spiro atoms. The van der Waals surface area contributed by atoms with Crippen molar-refractivity contribution in [3.63, 3.8) is 0 Å². The number of hydrogen-bond acceptors (Lipinski definition) is 6. The molecule has 6 nitrogen and oxygen atoms in total. The predicted molar refractivity (Wildman–Crippen MR) is 124 cm³/mol. The summed E-state index contributed by atoms with van der Waals surface area (Å²) in [6.45, 7) is 12.3. The number of carbonyl (C=O) groups excluding carboxylic acids is 2. The first kappa shape index (κ1) is 27.1. The first-order valence-electron chi connectivity index (χ1n) is 12.8. The minimum Gasteiger partial charge on any atom is -0.465 e. The van der Waals surface area contributed by atoms with Gasteiger partial charge in [0.2, 0.25) is 0 Å². The van der Waals surface area contributed by atoms with E-state index in [1.165, 1.54) is 0 Å². The number of aliphatic hydroxyl groups is 1. The summed E-state index contributed by atoms with van der Waals surface area (Å²) in [4.78, 5) is 24.1. The van der Waals surface area contributed by atoms with Gasteiger partial charge in [-0.2, -0.15) is 0 Å². The van der Waals surface area contributed by atoms with Crippen molar-refractivity contribution in [1.82, 2.24) is 0 Å². The van der Waals surface area contributed by atoms with Gasteiger partial charge in [-0.25, -0.2) is 0 Å². The maximum atomic E-state index is 12.1. The third-order valence-corrected chi connectivity index (χ3v) is 7.87. The summed E-state index contributed by atoms with van der Waals surface area (Å²) >= 11 is 0. The first-order valence-corrected chi connectivity index (χ1v) is 12.8.